The maximum absolute atomic E-state index is 11.4. The van der Waals surface area contributed by atoms with Crippen LogP contribution in [0.25, 0.3) is 0 Å². The summed E-state index contributed by atoms with van der Waals surface area (Å²) in [5.41, 5.74) is 0. The maximum atomic E-state index is 11.4. The number of rotatable bonds is 3. The highest BCUT2D eigenvalue weighted by Crippen LogP contribution is 2.19. The highest BCUT2D eigenvalue weighted by Gasteiger charge is 2.37. The summed E-state index contributed by atoms with van der Waals surface area (Å²) in [5.74, 6) is -0.430. The lowest BCUT2D eigenvalue weighted by Crippen LogP contribution is -2.44. The van der Waals surface area contributed by atoms with E-state index in [1.807, 2.05) is 0 Å². The molecule has 0 aromatic heterocycles. The van der Waals surface area contributed by atoms with Gasteiger partial charge in [-0.1, -0.05) is 0 Å². The number of hydrogen-bond acceptors (Lipinski definition) is 4. The van der Waals surface area contributed by atoms with Gasteiger partial charge in [-0.05, 0) is 13.8 Å². The molecule has 0 unspecified atom stereocenters. The van der Waals surface area contributed by atoms with E-state index < -0.39 is 14.6 Å². The van der Waals surface area contributed by atoms with Gasteiger partial charge < -0.3 is 4.90 Å². The molecule has 1 saturated heterocycles. The zero-order valence-electron chi connectivity index (χ0n) is 9.11. The number of nitrogens with zero attached hydrogens (tertiary/aromatic N) is 1. The molecule has 0 N–H and O–H groups in total. The van der Waals surface area contributed by atoms with Gasteiger partial charge >= 0.3 is 0 Å². The molecule has 0 aromatic rings. The van der Waals surface area contributed by atoms with E-state index >= 15 is 0 Å². The van der Waals surface area contributed by atoms with Gasteiger partial charge in [0.15, 0.2) is 15.6 Å². The lowest BCUT2D eigenvalue weighted by molar-refractivity contribution is -0.128. The topological polar surface area (TPSA) is 71.5 Å². The van der Waals surface area contributed by atoms with Crippen LogP contribution in [0.1, 0.15) is 20.3 Å². The van der Waals surface area contributed by atoms with Gasteiger partial charge in [-0.15, -0.1) is 0 Å². The summed E-state index contributed by atoms with van der Waals surface area (Å²) in [7, 11) is -3.24. The first-order chi connectivity index (χ1) is 6.63. The van der Waals surface area contributed by atoms with Crippen LogP contribution in [0.3, 0.4) is 0 Å². The van der Waals surface area contributed by atoms with Crippen LogP contribution < -0.4 is 0 Å². The van der Waals surface area contributed by atoms with Crippen molar-refractivity contribution < 1.29 is 18.0 Å². The van der Waals surface area contributed by atoms with E-state index in [-0.39, 0.29) is 31.2 Å². The van der Waals surface area contributed by atoms with Crippen LogP contribution in [0.5, 0.6) is 0 Å². The van der Waals surface area contributed by atoms with Gasteiger partial charge in [-0.25, -0.2) is 8.42 Å². The average molecular weight is 233 g/mol. The van der Waals surface area contributed by atoms with Crippen molar-refractivity contribution in [2.75, 3.05) is 19.3 Å². The molecular weight excluding hydrogens is 218 g/mol. The molecule has 6 heteroatoms. The van der Waals surface area contributed by atoms with Crippen molar-refractivity contribution in [3.8, 4) is 0 Å². The smallest absolute Gasteiger partial charge is 0.230 e. The second kappa shape index (κ2) is 3.59. The normalized spacial score (nSPS) is 18.7. The summed E-state index contributed by atoms with van der Waals surface area (Å²) in [6.45, 7) is 3.23. The molecule has 5 nitrogen and oxygen atoms in total. The zero-order valence-corrected chi connectivity index (χ0v) is 9.93. The predicted octanol–water partition coefficient (Wildman–Crippen LogP) is -0.389. The Bertz CT molecular complexity index is 396. The first kappa shape index (κ1) is 12.2. The highest BCUT2D eigenvalue weighted by molar-refractivity contribution is 7.92. The number of likely N-dealkylation sites (tertiary alicyclic amines) is 1. The van der Waals surface area contributed by atoms with Gasteiger partial charge in [-0.2, -0.15) is 0 Å². The Kier molecular flexibility index (Phi) is 2.91. The average Bonchev–Trinajstić information content (AvgIpc) is 2.26. The second-order valence-corrected chi connectivity index (χ2v) is 7.15. The minimum absolute atomic E-state index is 0.0395. The fraction of sp³-hybridized carbons (Fsp3) is 0.778. The third kappa shape index (κ3) is 2.56. The number of hydrogen-bond donors (Lipinski definition) is 0. The number of Topliss-reactive ketones (excluding diaryl/α,β-unsaturated/α-hetero) is 1. The summed E-state index contributed by atoms with van der Waals surface area (Å²) in [6, 6.07) is 0. The fourth-order valence-corrected chi connectivity index (χ4v) is 1.75. The molecule has 1 heterocycles. The lowest BCUT2D eigenvalue weighted by Gasteiger charge is -2.27. The summed E-state index contributed by atoms with van der Waals surface area (Å²) >= 11 is 0. The number of amides is 1. The van der Waals surface area contributed by atoms with Gasteiger partial charge in [0.25, 0.3) is 0 Å². The molecule has 0 aliphatic carbocycles. The quantitative estimate of drug-likeness (QED) is 0.622. The van der Waals surface area contributed by atoms with Gasteiger partial charge in [0.05, 0.1) is 17.7 Å². The summed E-state index contributed by atoms with van der Waals surface area (Å²) < 4.78 is 21.8. The second-order valence-electron chi connectivity index (χ2n) is 4.50. The molecule has 1 aliphatic heterocycles. The standard InChI is InChI=1S/C9H15NO4S/c1-9(2,15(3,13)14)6-10-5-7(11)4-8(10)12/h4-6H2,1-3H3. The third-order valence-electron chi connectivity index (χ3n) is 2.64. The molecule has 0 bridgehead atoms. The Hall–Kier alpha value is -0.910. The molecule has 1 amide bonds. The van der Waals surface area contributed by atoms with E-state index in [4.69, 9.17) is 0 Å². The Labute approximate surface area is 89.4 Å². The minimum atomic E-state index is -3.24. The molecule has 1 rings (SSSR count). The Balaban J connectivity index is 2.79. The molecule has 0 radical (unpaired) electrons. The van der Waals surface area contributed by atoms with E-state index in [2.05, 4.69) is 0 Å². The van der Waals surface area contributed by atoms with Crippen LogP contribution in [0, 0.1) is 0 Å². The van der Waals surface area contributed by atoms with Crippen LogP contribution in [-0.2, 0) is 19.4 Å². The first-order valence-corrected chi connectivity index (χ1v) is 6.52. The van der Waals surface area contributed by atoms with E-state index in [0.717, 1.165) is 6.26 Å². The first-order valence-electron chi connectivity index (χ1n) is 4.62. The molecule has 86 valence electrons. The number of carbonyl (C=O) groups is 2. The van der Waals surface area contributed by atoms with Gasteiger partial charge in [-0.3, -0.25) is 9.59 Å². The Morgan fingerprint density at radius 2 is 1.87 bits per heavy atom. The molecule has 0 saturated carbocycles. The lowest BCUT2D eigenvalue weighted by atomic mass is 10.2. The van der Waals surface area contributed by atoms with Crippen molar-refractivity contribution in [1.29, 1.82) is 0 Å². The van der Waals surface area contributed by atoms with Crippen LogP contribution in [0.4, 0.5) is 0 Å². The Morgan fingerprint density at radius 1 is 1.33 bits per heavy atom. The van der Waals surface area contributed by atoms with Gasteiger partial charge in [0.1, 0.15) is 0 Å². The molecule has 15 heavy (non-hydrogen) atoms. The fourth-order valence-electron chi connectivity index (χ4n) is 1.36. The molecular formula is C9H15NO4S. The molecule has 0 atom stereocenters. The van der Waals surface area contributed by atoms with Crippen LogP contribution in [0.2, 0.25) is 0 Å². The van der Waals surface area contributed by atoms with Crippen molar-refractivity contribution in [3.63, 3.8) is 0 Å². The molecule has 1 fully saturated rings. The van der Waals surface area contributed by atoms with Crippen LogP contribution in [0.15, 0.2) is 0 Å². The van der Waals surface area contributed by atoms with Gasteiger partial charge in [0.2, 0.25) is 5.91 Å². The number of sulfone groups is 1. The molecule has 0 aromatic carbocycles. The number of carbonyl (C=O) groups excluding carboxylic acids is 2. The Morgan fingerprint density at radius 3 is 2.20 bits per heavy atom. The van der Waals surface area contributed by atoms with Crippen molar-refractivity contribution in [3.05, 3.63) is 0 Å². The van der Waals surface area contributed by atoms with E-state index in [0.29, 0.717) is 0 Å². The molecule has 1 aliphatic rings. The van der Waals surface area contributed by atoms with E-state index in [9.17, 15) is 18.0 Å². The summed E-state index contributed by atoms with van der Waals surface area (Å²) in [4.78, 5) is 23.6. The number of ketones is 1. The predicted molar refractivity (Wildman–Crippen MR) is 55.1 cm³/mol. The maximum Gasteiger partial charge on any atom is 0.230 e. The van der Waals surface area contributed by atoms with Gasteiger partial charge in [0, 0.05) is 12.8 Å². The van der Waals surface area contributed by atoms with E-state index in [1.54, 1.807) is 13.8 Å². The largest absolute Gasteiger partial charge is 0.333 e. The van der Waals surface area contributed by atoms with Crippen LogP contribution >= 0.6 is 0 Å². The molecule has 0 spiro atoms. The van der Waals surface area contributed by atoms with Crippen molar-refractivity contribution >= 4 is 21.5 Å². The zero-order chi connectivity index (χ0) is 11.9. The third-order valence-corrected chi connectivity index (χ3v) is 4.78. The SMILES string of the molecule is CC(C)(CN1CC(=O)CC1=O)S(C)(=O)=O. The summed E-state index contributed by atoms with van der Waals surface area (Å²) in [6.07, 6.45) is 1.04. The summed E-state index contributed by atoms with van der Waals surface area (Å²) in [5, 5.41) is 0. The van der Waals surface area contributed by atoms with Crippen molar-refractivity contribution in [1.82, 2.24) is 4.90 Å². The monoisotopic (exact) mass is 233 g/mol. The minimum Gasteiger partial charge on any atom is -0.333 e. The van der Waals surface area contributed by atoms with Crippen molar-refractivity contribution in [2.45, 2.75) is 25.0 Å². The van der Waals surface area contributed by atoms with Crippen LogP contribution in [-0.4, -0.2) is 49.1 Å². The van der Waals surface area contributed by atoms with Crippen molar-refractivity contribution in [2.24, 2.45) is 0 Å². The highest BCUT2D eigenvalue weighted by atomic mass is 32.2. The van der Waals surface area contributed by atoms with E-state index in [1.165, 1.54) is 4.90 Å².